The van der Waals surface area contributed by atoms with Gasteiger partial charge in [0.1, 0.15) is 6.04 Å². The van der Waals surface area contributed by atoms with Crippen molar-refractivity contribution >= 4 is 47.0 Å². The summed E-state index contributed by atoms with van der Waals surface area (Å²) in [5.41, 5.74) is 6.75. The maximum absolute atomic E-state index is 12.5. The Bertz CT molecular complexity index is 1140. The van der Waals surface area contributed by atoms with Crippen LogP contribution < -0.4 is 21.7 Å². The van der Waals surface area contributed by atoms with Crippen LogP contribution in [-0.2, 0) is 19.1 Å². The van der Waals surface area contributed by atoms with E-state index in [1.807, 2.05) is 18.2 Å². The molecule has 0 unspecified atom stereocenters. The number of carbonyl (C=O) groups is 4. The summed E-state index contributed by atoms with van der Waals surface area (Å²) >= 11 is 0. The largest absolute Gasteiger partial charge is 0.465 e. The Balaban J connectivity index is 1.69. The number of hydrogen-bond donors (Lipinski definition) is 4. The van der Waals surface area contributed by atoms with Gasteiger partial charge in [-0.2, -0.15) is 4.99 Å². The minimum atomic E-state index is -1.04. The number of rotatable bonds is 6. The molecule has 0 radical (unpaired) electrons. The number of nitrogens with one attached hydrogen (secondary N) is 3. The number of ether oxygens (including phenoxy) is 2. The average Bonchev–Trinajstić information content (AvgIpc) is 3.16. The van der Waals surface area contributed by atoms with Crippen molar-refractivity contribution in [2.45, 2.75) is 12.5 Å². The Labute approximate surface area is 194 Å². The summed E-state index contributed by atoms with van der Waals surface area (Å²) in [6.07, 6.45) is -0.313. The van der Waals surface area contributed by atoms with Crippen LogP contribution in [0.25, 0.3) is 0 Å². The zero-order valence-corrected chi connectivity index (χ0v) is 18.3. The third-order valence-electron chi connectivity index (χ3n) is 4.53. The molecule has 34 heavy (non-hydrogen) atoms. The quantitative estimate of drug-likeness (QED) is 0.276. The van der Waals surface area contributed by atoms with E-state index in [1.54, 1.807) is 12.1 Å². The van der Waals surface area contributed by atoms with Crippen LogP contribution in [0.3, 0.4) is 0 Å². The molecule has 0 saturated carbocycles. The lowest BCUT2D eigenvalue weighted by atomic mass is 10.1. The van der Waals surface area contributed by atoms with E-state index in [4.69, 9.17) is 5.73 Å². The van der Waals surface area contributed by atoms with Crippen LogP contribution in [0.1, 0.15) is 27.1 Å². The van der Waals surface area contributed by atoms with Gasteiger partial charge in [0.15, 0.2) is 0 Å². The van der Waals surface area contributed by atoms with Gasteiger partial charge in [0.2, 0.25) is 17.8 Å². The van der Waals surface area contributed by atoms with Crippen molar-refractivity contribution in [1.82, 2.24) is 5.32 Å². The molecule has 5 N–H and O–H groups in total. The molecule has 2 aromatic rings. The van der Waals surface area contributed by atoms with Gasteiger partial charge in [0.05, 0.1) is 31.8 Å². The maximum Gasteiger partial charge on any atom is 0.337 e. The number of amides is 2. The Morgan fingerprint density at radius 3 is 2.21 bits per heavy atom. The monoisotopic (exact) mass is 466 g/mol. The lowest BCUT2D eigenvalue weighted by Gasteiger charge is -2.10. The number of benzene rings is 2. The van der Waals surface area contributed by atoms with Crippen LogP contribution >= 0.6 is 0 Å². The molecule has 1 heterocycles. The molecule has 0 aliphatic carbocycles. The molecule has 12 nitrogen and oxygen atoms in total. The molecule has 0 bridgehead atoms. The molecule has 1 aliphatic rings. The Kier molecular flexibility index (Phi) is 7.54. The highest BCUT2D eigenvalue weighted by Crippen LogP contribution is 2.18. The molecule has 0 saturated heterocycles. The lowest BCUT2D eigenvalue weighted by Crippen LogP contribution is -2.32. The standard InChI is InChI=1S/C22H22N6O6/c1-33-19(31)12-8-13(20(32)34-2)10-15(9-12)24-17(29)11-16-18(30)27-22(26-16)28-21(23)25-14-6-4-3-5-7-14/h3-10,16H,11H2,1-2H3,(H,24,29)(H4,23,25,26,27,28,30)/t16-/m1/s1. The molecule has 1 aliphatic heterocycles. The van der Waals surface area contributed by atoms with Crippen LogP contribution in [-0.4, -0.2) is 55.9 Å². The molecule has 2 aromatic carbocycles. The number of para-hydroxylation sites is 1. The van der Waals surface area contributed by atoms with Gasteiger partial charge < -0.3 is 25.8 Å². The first-order valence-corrected chi connectivity index (χ1v) is 9.95. The van der Waals surface area contributed by atoms with Crippen molar-refractivity contribution < 1.29 is 28.7 Å². The maximum atomic E-state index is 12.5. The van der Waals surface area contributed by atoms with Crippen LogP contribution in [0.5, 0.6) is 0 Å². The van der Waals surface area contributed by atoms with E-state index in [-0.39, 0.29) is 35.2 Å². The molecular formula is C22H22N6O6. The van der Waals surface area contributed by atoms with Gasteiger partial charge in [-0.1, -0.05) is 18.2 Å². The normalized spacial score (nSPS) is 15.1. The highest BCUT2D eigenvalue weighted by Gasteiger charge is 2.29. The Hall–Kier alpha value is -4.74. The van der Waals surface area contributed by atoms with Crippen LogP contribution in [0, 0.1) is 0 Å². The van der Waals surface area contributed by atoms with Crippen molar-refractivity contribution in [3.8, 4) is 0 Å². The Morgan fingerprint density at radius 2 is 1.62 bits per heavy atom. The van der Waals surface area contributed by atoms with Gasteiger partial charge in [0, 0.05) is 11.4 Å². The molecule has 0 fully saturated rings. The van der Waals surface area contributed by atoms with Gasteiger partial charge in [-0.05, 0) is 30.3 Å². The van der Waals surface area contributed by atoms with E-state index in [0.29, 0.717) is 5.69 Å². The lowest BCUT2D eigenvalue weighted by molar-refractivity contribution is -0.123. The average molecular weight is 466 g/mol. The molecule has 0 spiro atoms. The topological polar surface area (TPSA) is 174 Å². The highest BCUT2D eigenvalue weighted by molar-refractivity contribution is 6.11. The minimum absolute atomic E-state index is 0.00492. The van der Waals surface area contributed by atoms with Gasteiger partial charge in [-0.25, -0.2) is 14.6 Å². The number of hydrogen-bond acceptors (Lipinski definition) is 8. The van der Waals surface area contributed by atoms with Gasteiger partial charge in [-0.3, -0.25) is 14.9 Å². The number of esters is 2. The first kappa shape index (κ1) is 23.9. The minimum Gasteiger partial charge on any atom is -0.465 e. The number of carbonyl (C=O) groups excluding carboxylic acids is 4. The van der Waals surface area contributed by atoms with E-state index < -0.39 is 29.8 Å². The van der Waals surface area contributed by atoms with Gasteiger partial charge in [-0.15, -0.1) is 0 Å². The summed E-state index contributed by atoms with van der Waals surface area (Å²) in [7, 11) is 2.37. The van der Waals surface area contributed by atoms with Crippen LogP contribution in [0.15, 0.2) is 58.5 Å². The second kappa shape index (κ2) is 10.7. The molecule has 0 aromatic heterocycles. The number of aliphatic imine (C=N–C) groups is 2. The molecular weight excluding hydrogens is 444 g/mol. The summed E-state index contributed by atoms with van der Waals surface area (Å²) in [6.45, 7) is 0. The smallest absolute Gasteiger partial charge is 0.337 e. The zero-order chi connectivity index (χ0) is 24.7. The summed E-state index contributed by atoms with van der Waals surface area (Å²) < 4.78 is 9.33. The summed E-state index contributed by atoms with van der Waals surface area (Å²) in [5.74, 6) is -2.55. The molecule has 3 rings (SSSR count). The second-order valence-corrected chi connectivity index (χ2v) is 6.98. The number of nitrogens with zero attached hydrogens (tertiary/aromatic N) is 2. The number of guanidine groups is 2. The molecule has 2 amide bonds. The van der Waals surface area contributed by atoms with Crippen LogP contribution in [0.2, 0.25) is 0 Å². The molecule has 1 atom stereocenters. The van der Waals surface area contributed by atoms with Crippen molar-refractivity contribution in [1.29, 1.82) is 0 Å². The number of nitrogens with two attached hydrogens (primary N) is 1. The van der Waals surface area contributed by atoms with Crippen LogP contribution in [0.4, 0.5) is 11.4 Å². The first-order valence-electron chi connectivity index (χ1n) is 9.95. The van der Waals surface area contributed by atoms with E-state index in [0.717, 1.165) is 0 Å². The van der Waals surface area contributed by atoms with Crippen molar-refractivity contribution in [2.24, 2.45) is 15.7 Å². The third kappa shape index (κ3) is 6.16. The second-order valence-electron chi connectivity index (χ2n) is 6.98. The number of methoxy groups -OCH3 is 2. The first-order chi connectivity index (χ1) is 16.3. The SMILES string of the molecule is COC(=O)c1cc(NC(=O)C[C@H]2N=C(N=C(N)Nc3ccccc3)NC2=O)cc(C(=O)OC)c1. The van der Waals surface area contributed by atoms with E-state index in [1.165, 1.54) is 32.4 Å². The van der Waals surface area contributed by atoms with Crippen molar-refractivity contribution in [3.05, 3.63) is 59.7 Å². The molecule has 12 heteroatoms. The predicted molar refractivity (Wildman–Crippen MR) is 123 cm³/mol. The Morgan fingerprint density at radius 1 is 1.00 bits per heavy atom. The summed E-state index contributed by atoms with van der Waals surface area (Å²) in [5, 5.41) is 7.85. The van der Waals surface area contributed by atoms with Crippen molar-refractivity contribution in [3.63, 3.8) is 0 Å². The fraction of sp³-hybridized carbons (Fsp3) is 0.182. The zero-order valence-electron chi connectivity index (χ0n) is 18.3. The predicted octanol–water partition coefficient (Wildman–Crippen LogP) is 0.870. The van der Waals surface area contributed by atoms with Gasteiger partial charge in [0.25, 0.3) is 5.91 Å². The fourth-order valence-electron chi connectivity index (χ4n) is 3.00. The number of anilines is 2. The fourth-order valence-corrected chi connectivity index (χ4v) is 3.00. The summed E-state index contributed by atoms with van der Waals surface area (Å²) in [6, 6.07) is 11.9. The van der Waals surface area contributed by atoms with Crippen molar-refractivity contribution in [2.75, 3.05) is 24.9 Å². The van der Waals surface area contributed by atoms with E-state index in [2.05, 4.69) is 35.4 Å². The third-order valence-corrected chi connectivity index (χ3v) is 4.53. The summed E-state index contributed by atoms with van der Waals surface area (Å²) in [4.78, 5) is 56.6. The highest BCUT2D eigenvalue weighted by atomic mass is 16.5. The van der Waals surface area contributed by atoms with Gasteiger partial charge >= 0.3 is 11.9 Å². The molecule has 176 valence electrons. The van der Waals surface area contributed by atoms with E-state index >= 15 is 0 Å². The van der Waals surface area contributed by atoms with E-state index in [9.17, 15) is 19.2 Å².